The van der Waals surface area contributed by atoms with Crippen molar-refractivity contribution in [2.24, 2.45) is 0 Å². The summed E-state index contributed by atoms with van der Waals surface area (Å²) in [7, 11) is 1.62. The number of thiophene rings is 1. The highest BCUT2D eigenvalue weighted by molar-refractivity contribution is 9.11. The summed E-state index contributed by atoms with van der Waals surface area (Å²) < 4.78 is 6.13. The lowest BCUT2D eigenvalue weighted by molar-refractivity contribution is 0.0611. The topological polar surface area (TPSA) is 56.6 Å². The number of carbonyl (C=O) groups excluding carboxylic acids is 1. The molecule has 2 heterocycles. The number of carbonyl (C=O) groups is 1. The molecule has 1 aliphatic rings. The Morgan fingerprint density at radius 2 is 1.88 bits per heavy atom. The fraction of sp³-hybridized carbons (Fsp3) is 0.333. The average Bonchev–Trinajstić information content (AvgIpc) is 3.09. The average molecular weight is 420 g/mol. The van der Waals surface area contributed by atoms with Gasteiger partial charge in [0.25, 0.3) is 5.91 Å². The number of ether oxygens (including phenoxy) is 1. The van der Waals surface area contributed by atoms with Crippen LogP contribution in [0.2, 0.25) is 0 Å². The lowest BCUT2D eigenvalue weighted by Crippen LogP contribution is -2.49. The summed E-state index contributed by atoms with van der Waals surface area (Å²) in [5, 5.41) is 9.61. The molecule has 0 spiro atoms. The number of halogens is 1. The van der Waals surface area contributed by atoms with E-state index in [0.717, 1.165) is 20.0 Å². The Morgan fingerprint density at radius 1 is 1.20 bits per heavy atom. The maximum atomic E-state index is 12.5. The second-order valence-corrected chi connectivity index (χ2v) is 8.20. The zero-order valence-electron chi connectivity index (χ0n) is 13.8. The number of amides is 1. The maximum absolute atomic E-state index is 12.5. The van der Waals surface area contributed by atoms with Crippen LogP contribution in [0.3, 0.4) is 0 Å². The molecular formula is C18H18BrN3O2S. The quantitative estimate of drug-likeness (QED) is 0.760. The van der Waals surface area contributed by atoms with Crippen LogP contribution in [-0.2, 0) is 0 Å². The van der Waals surface area contributed by atoms with E-state index < -0.39 is 0 Å². The van der Waals surface area contributed by atoms with Gasteiger partial charge in [-0.15, -0.1) is 11.3 Å². The summed E-state index contributed by atoms with van der Waals surface area (Å²) in [4.78, 5) is 17.2. The lowest BCUT2D eigenvalue weighted by Gasteiger charge is -2.36. The van der Waals surface area contributed by atoms with Crippen molar-refractivity contribution in [1.82, 2.24) is 9.80 Å². The van der Waals surface area contributed by atoms with Gasteiger partial charge in [-0.25, -0.2) is 0 Å². The van der Waals surface area contributed by atoms with Crippen LogP contribution in [0.15, 0.2) is 40.2 Å². The molecule has 2 aromatic rings. The zero-order valence-corrected chi connectivity index (χ0v) is 16.2. The van der Waals surface area contributed by atoms with Crippen LogP contribution in [0.5, 0.6) is 5.75 Å². The molecule has 1 fully saturated rings. The summed E-state index contributed by atoms with van der Waals surface area (Å²) in [5.74, 6) is 0.839. The molecule has 1 unspecified atom stereocenters. The van der Waals surface area contributed by atoms with Crippen LogP contribution in [0, 0.1) is 11.3 Å². The van der Waals surface area contributed by atoms with Gasteiger partial charge in [0.2, 0.25) is 0 Å². The van der Waals surface area contributed by atoms with Crippen LogP contribution in [0.25, 0.3) is 0 Å². The Hall–Kier alpha value is -1.88. The molecule has 1 saturated heterocycles. The Balaban J connectivity index is 1.64. The first kappa shape index (κ1) is 17.9. The molecule has 0 bridgehead atoms. The molecule has 0 N–H and O–H groups in total. The molecule has 1 aliphatic heterocycles. The predicted molar refractivity (Wildman–Crippen MR) is 101 cm³/mol. The van der Waals surface area contributed by atoms with Crippen molar-refractivity contribution in [3.05, 3.63) is 50.6 Å². The molecule has 1 aromatic carbocycles. The minimum absolute atomic E-state index is 0.0632. The van der Waals surface area contributed by atoms with E-state index in [1.165, 1.54) is 11.3 Å². The molecule has 1 amide bonds. The second-order valence-electron chi connectivity index (χ2n) is 5.74. The SMILES string of the molecule is COc1ccc(C(C#N)N2CCN(C(=O)c3ccc(Br)s3)CC2)cc1. The van der Waals surface area contributed by atoms with Gasteiger partial charge >= 0.3 is 0 Å². The van der Waals surface area contributed by atoms with Crippen LogP contribution < -0.4 is 4.74 Å². The van der Waals surface area contributed by atoms with Gasteiger partial charge in [0.15, 0.2) is 0 Å². The largest absolute Gasteiger partial charge is 0.497 e. The van der Waals surface area contributed by atoms with E-state index in [2.05, 4.69) is 26.9 Å². The minimum atomic E-state index is -0.306. The van der Waals surface area contributed by atoms with Crippen LogP contribution in [-0.4, -0.2) is 49.0 Å². The highest BCUT2D eigenvalue weighted by Crippen LogP contribution is 2.26. The standard InChI is InChI=1S/C18H18BrN3O2S/c1-24-14-4-2-13(3-5-14)15(12-20)21-8-10-22(11-9-21)18(23)16-6-7-17(19)25-16/h2-7,15H,8-11H2,1H3. The Labute approximate surface area is 159 Å². The number of hydrogen-bond acceptors (Lipinski definition) is 5. The van der Waals surface area contributed by atoms with Crippen molar-refractivity contribution in [2.75, 3.05) is 33.3 Å². The molecule has 5 nitrogen and oxygen atoms in total. The molecule has 1 aromatic heterocycles. The van der Waals surface area contributed by atoms with Gasteiger partial charge in [-0.2, -0.15) is 5.26 Å². The Kier molecular flexibility index (Phi) is 5.74. The van der Waals surface area contributed by atoms with Crippen molar-refractivity contribution in [3.63, 3.8) is 0 Å². The third kappa shape index (κ3) is 4.03. The Morgan fingerprint density at radius 3 is 2.40 bits per heavy atom. The number of benzene rings is 1. The first-order valence-corrected chi connectivity index (χ1v) is 9.55. The third-order valence-electron chi connectivity index (χ3n) is 4.30. The molecule has 7 heteroatoms. The fourth-order valence-corrected chi connectivity index (χ4v) is 4.28. The van der Waals surface area contributed by atoms with E-state index in [4.69, 9.17) is 4.74 Å². The number of hydrogen-bond donors (Lipinski definition) is 0. The normalized spacial score (nSPS) is 16.3. The highest BCUT2D eigenvalue weighted by atomic mass is 79.9. The summed E-state index contributed by atoms with van der Waals surface area (Å²) in [6.07, 6.45) is 0. The molecule has 1 atom stereocenters. The maximum Gasteiger partial charge on any atom is 0.264 e. The zero-order chi connectivity index (χ0) is 17.8. The summed E-state index contributed by atoms with van der Waals surface area (Å²) in [5.41, 5.74) is 0.949. The summed E-state index contributed by atoms with van der Waals surface area (Å²) in [6.45, 7) is 2.62. The molecule has 25 heavy (non-hydrogen) atoms. The van der Waals surface area contributed by atoms with Gasteiger partial charge in [-0.05, 0) is 45.8 Å². The number of nitriles is 1. The van der Waals surface area contributed by atoms with Gasteiger partial charge in [-0.1, -0.05) is 12.1 Å². The molecule has 0 aliphatic carbocycles. The van der Waals surface area contributed by atoms with Crippen molar-refractivity contribution in [1.29, 1.82) is 5.26 Å². The highest BCUT2D eigenvalue weighted by Gasteiger charge is 2.28. The molecule has 3 rings (SSSR count). The lowest BCUT2D eigenvalue weighted by atomic mass is 10.1. The first-order chi connectivity index (χ1) is 12.1. The molecule has 130 valence electrons. The van der Waals surface area contributed by atoms with Crippen LogP contribution in [0.4, 0.5) is 0 Å². The van der Waals surface area contributed by atoms with E-state index in [-0.39, 0.29) is 11.9 Å². The number of nitrogens with zero attached hydrogens (tertiary/aromatic N) is 3. The molecular weight excluding hydrogens is 402 g/mol. The fourth-order valence-electron chi connectivity index (χ4n) is 2.92. The minimum Gasteiger partial charge on any atom is -0.497 e. The van der Waals surface area contributed by atoms with Crippen LogP contribution in [0.1, 0.15) is 21.3 Å². The van der Waals surface area contributed by atoms with Crippen molar-refractivity contribution in [2.45, 2.75) is 6.04 Å². The van der Waals surface area contributed by atoms with Crippen molar-refractivity contribution < 1.29 is 9.53 Å². The van der Waals surface area contributed by atoms with E-state index in [1.807, 2.05) is 41.3 Å². The monoisotopic (exact) mass is 419 g/mol. The van der Waals surface area contributed by atoms with Gasteiger partial charge in [-0.3, -0.25) is 9.69 Å². The van der Waals surface area contributed by atoms with Gasteiger partial charge in [0.05, 0.1) is 21.8 Å². The van der Waals surface area contributed by atoms with E-state index in [0.29, 0.717) is 26.2 Å². The van der Waals surface area contributed by atoms with Crippen molar-refractivity contribution >= 4 is 33.2 Å². The van der Waals surface area contributed by atoms with Gasteiger partial charge < -0.3 is 9.64 Å². The summed E-state index contributed by atoms with van der Waals surface area (Å²) >= 11 is 4.84. The van der Waals surface area contributed by atoms with E-state index >= 15 is 0 Å². The van der Waals surface area contributed by atoms with Gasteiger partial charge in [0, 0.05) is 26.2 Å². The van der Waals surface area contributed by atoms with E-state index in [9.17, 15) is 10.1 Å². The smallest absolute Gasteiger partial charge is 0.264 e. The summed E-state index contributed by atoms with van der Waals surface area (Å²) in [6, 6.07) is 13.4. The van der Waals surface area contributed by atoms with E-state index in [1.54, 1.807) is 7.11 Å². The Bertz CT molecular complexity index is 776. The van der Waals surface area contributed by atoms with Crippen molar-refractivity contribution in [3.8, 4) is 11.8 Å². The number of rotatable bonds is 4. The molecule has 0 saturated carbocycles. The van der Waals surface area contributed by atoms with Crippen LogP contribution >= 0.6 is 27.3 Å². The molecule has 0 radical (unpaired) electrons. The number of piperazine rings is 1. The van der Waals surface area contributed by atoms with Gasteiger partial charge in [0.1, 0.15) is 11.8 Å². The first-order valence-electron chi connectivity index (χ1n) is 7.94. The third-order valence-corrected chi connectivity index (χ3v) is 5.92. The predicted octanol–water partition coefficient (Wildman–Crippen LogP) is 3.54. The number of methoxy groups -OCH3 is 1. The second kappa shape index (κ2) is 8.00.